The van der Waals surface area contributed by atoms with Gasteiger partial charge in [0.25, 0.3) is 0 Å². The molecule has 0 aliphatic heterocycles. The Morgan fingerprint density at radius 2 is 1.00 bits per heavy atom. The molecule has 9 aromatic carbocycles. The van der Waals surface area contributed by atoms with Gasteiger partial charge in [0.1, 0.15) is 0 Å². The van der Waals surface area contributed by atoms with Crippen molar-refractivity contribution in [3.63, 3.8) is 0 Å². The highest BCUT2D eigenvalue weighted by atomic mass is 32.1. The molecule has 0 saturated heterocycles. The number of thiophene rings is 1. The summed E-state index contributed by atoms with van der Waals surface area (Å²) >= 11 is 1.86. The van der Waals surface area contributed by atoms with Gasteiger partial charge in [0.05, 0.1) is 16.7 Å². The molecule has 0 bridgehead atoms. The number of para-hydroxylation sites is 3. The van der Waals surface area contributed by atoms with Crippen LogP contribution in [0.15, 0.2) is 206 Å². The predicted octanol–water partition coefficient (Wildman–Crippen LogP) is 15.1. The maximum absolute atomic E-state index is 2.44. The van der Waals surface area contributed by atoms with Crippen LogP contribution in [0, 0.1) is 0 Å². The second kappa shape index (κ2) is 12.9. The molecular weight excluding hydrogens is 685 g/mol. The minimum absolute atomic E-state index is 1.10. The molecule has 2 nitrogen and oxygen atoms in total. The number of anilines is 3. The van der Waals surface area contributed by atoms with E-state index >= 15 is 0 Å². The summed E-state index contributed by atoms with van der Waals surface area (Å²) in [5.74, 6) is 0. The lowest BCUT2D eigenvalue weighted by Gasteiger charge is -2.28. The predicted molar refractivity (Wildman–Crippen MR) is 237 cm³/mol. The van der Waals surface area contributed by atoms with Crippen LogP contribution in [0.25, 0.3) is 80.7 Å². The van der Waals surface area contributed by atoms with Gasteiger partial charge in [-0.2, -0.15) is 0 Å². The van der Waals surface area contributed by atoms with Crippen molar-refractivity contribution in [2.75, 3.05) is 4.90 Å². The molecule has 0 aliphatic carbocycles. The standard InChI is InChI=1S/C52H34N2S/c1-2-15-38(16-3-1)54-49-23-10-7-19-44(49)47-34-40(30-32-50(47)54)53(39-28-25-36(26-29-39)42-21-12-14-35-13-4-5-17-41(35)42)48-22-9-6-18-43(48)37-27-31-46-45-20-8-11-24-51(45)55-52(46)33-37/h1-34H. The molecule has 3 heteroatoms. The number of hydrogen-bond donors (Lipinski definition) is 0. The molecule has 0 radical (unpaired) electrons. The normalized spacial score (nSPS) is 11.6. The summed E-state index contributed by atoms with van der Waals surface area (Å²) in [6.45, 7) is 0. The van der Waals surface area contributed by atoms with Crippen LogP contribution in [0.1, 0.15) is 0 Å². The van der Waals surface area contributed by atoms with E-state index in [4.69, 9.17) is 0 Å². The largest absolute Gasteiger partial charge is 0.310 e. The molecule has 0 spiro atoms. The van der Waals surface area contributed by atoms with Gasteiger partial charge in [-0.1, -0.05) is 140 Å². The molecule has 258 valence electrons. The van der Waals surface area contributed by atoms with Crippen molar-refractivity contribution in [1.82, 2.24) is 4.57 Å². The molecule has 2 aromatic heterocycles. The van der Waals surface area contributed by atoms with Gasteiger partial charge in [0.2, 0.25) is 0 Å². The summed E-state index contributed by atoms with van der Waals surface area (Å²) in [6, 6.07) is 75.2. The van der Waals surface area contributed by atoms with Crippen LogP contribution in [-0.4, -0.2) is 4.57 Å². The van der Waals surface area contributed by atoms with Gasteiger partial charge in [-0.3, -0.25) is 0 Å². The first-order valence-corrected chi connectivity index (χ1v) is 19.6. The maximum atomic E-state index is 2.44. The Labute approximate surface area is 323 Å². The van der Waals surface area contributed by atoms with E-state index in [9.17, 15) is 0 Å². The Hall–Kier alpha value is -6.94. The molecule has 11 rings (SSSR count). The third-order valence-electron chi connectivity index (χ3n) is 11.0. The smallest absolute Gasteiger partial charge is 0.0542 e. The van der Waals surface area contributed by atoms with Gasteiger partial charge >= 0.3 is 0 Å². The summed E-state index contributed by atoms with van der Waals surface area (Å²) < 4.78 is 5.00. The van der Waals surface area contributed by atoms with Crippen molar-refractivity contribution in [2.45, 2.75) is 0 Å². The maximum Gasteiger partial charge on any atom is 0.0542 e. The molecular formula is C52H34N2S. The number of benzene rings is 9. The fourth-order valence-corrected chi connectivity index (χ4v) is 9.60. The van der Waals surface area contributed by atoms with Gasteiger partial charge in [-0.25, -0.2) is 0 Å². The van der Waals surface area contributed by atoms with E-state index in [1.165, 1.54) is 75.0 Å². The lowest BCUT2D eigenvalue weighted by atomic mass is 9.97. The first kappa shape index (κ1) is 31.6. The minimum Gasteiger partial charge on any atom is -0.310 e. The lowest BCUT2D eigenvalue weighted by molar-refractivity contribution is 1.18. The van der Waals surface area contributed by atoms with Crippen LogP contribution < -0.4 is 4.90 Å². The van der Waals surface area contributed by atoms with E-state index in [0.29, 0.717) is 0 Å². The molecule has 2 heterocycles. The highest BCUT2D eigenvalue weighted by Crippen LogP contribution is 2.45. The number of fused-ring (bicyclic) bond motifs is 7. The number of hydrogen-bond acceptors (Lipinski definition) is 2. The monoisotopic (exact) mass is 718 g/mol. The zero-order valence-corrected chi connectivity index (χ0v) is 30.7. The summed E-state index contributed by atoms with van der Waals surface area (Å²) in [5.41, 5.74) is 11.7. The van der Waals surface area contributed by atoms with E-state index < -0.39 is 0 Å². The van der Waals surface area contributed by atoms with E-state index in [2.05, 4.69) is 216 Å². The number of rotatable bonds is 6. The van der Waals surface area contributed by atoms with Crippen molar-refractivity contribution in [2.24, 2.45) is 0 Å². The Morgan fingerprint density at radius 1 is 0.364 bits per heavy atom. The van der Waals surface area contributed by atoms with E-state index in [1.54, 1.807) is 0 Å². The highest BCUT2D eigenvalue weighted by Gasteiger charge is 2.21. The second-order valence-electron chi connectivity index (χ2n) is 14.1. The van der Waals surface area contributed by atoms with Gasteiger partial charge in [-0.15, -0.1) is 11.3 Å². The molecule has 0 atom stereocenters. The van der Waals surface area contributed by atoms with Crippen molar-refractivity contribution >= 4 is 81.1 Å². The highest BCUT2D eigenvalue weighted by molar-refractivity contribution is 7.25. The average Bonchev–Trinajstić information content (AvgIpc) is 3.79. The molecule has 0 N–H and O–H groups in total. The molecule has 0 aliphatic rings. The van der Waals surface area contributed by atoms with Crippen molar-refractivity contribution < 1.29 is 0 Å². The second-order valence-corrected chi connectivity index (χ2v) is 15.2. The van der Waals surface area contributed by atoms with E-state index in [0.717, 1.165) is 22.7 Å². The molecule has 0 fully saturated rings. The van der Waals surface area contributed by atoms with Crippen molar-refractivity contribution in [1.29, 1.82) is 0 Å². The summed E-state index contributed by atoms with van der Waals surface area (Å²) in [7, 11) is 0. The fraction of sp³-hybridized carbons (Fsp3) is 0. The van der Waals surface area contributed by atoms with Crippen LogP contribution in [0.5, 0.6) is 0 Å². The fourth-order valence-electron chi connectivity index (χ4n) is 8.46. The van der Waals surface area contributed by atoms with E-state index in [-0.39, 0.29) is 0 Å². The van der Waals surface area contributed by atoms with Crippen molar-refractivity contribution in [3.05, 3.63) is 206 Å². The summed E-state index contributed by atoms with van der Waals surface area (Å²) in [4.78, 5) is 2.44. The Bertz CT molecular complexity index is 3200. The third-order valence-corrected chi connectivity index (χ3v) is 12.1. The molecule has 11 aromatic rings. The molecule has 0 unspecified atom stereocenters. The Morgan fingerprint density at radius 3 is 1.89 bits per heavy atom. The number of aromatic nitrogens is 1. The lowest BCUT2D eigenvalue weighted by Crippen LogP contribution is -2.11. The van der Waals surface area contributed by atoms with Crippen LogP contribution >= 0.6 is 11.3 Å². The van der Waals surface area contributed by atoms with Gasteiger partial charge in [-0.05, 0) is 94.2 Å². The summed E-state index contributed by atoms with van der Waals surface area (Å²) in [6.07, 6.45) is 0. The Kier molecular flexibility index (Phi) is 7.39. The zero-order chi connectivity index (χ0) is 36.3. The van der Waals surface area contributed by atoms with Crippen LogP contribution in [-0.2, 0) is 0 Å². The van der Waals surface area contributed by atoms with Gasteiger partial charge < -0.3 is 9.47 Å². The zero-order valence-electron chi connectivity index (χ0n) is 29.9. The molecule has 0 amide bonds. The van der Waals surface area contributed by atoms with Crippen LogP contribution in [0.4, 0.5) is 17.1 Å². The summed E-state index contributed by atoms with van der Waals surface area (Å²) in [5, 5.41) is 7.59. The number of nitrogens with zero attached hydrogens (tertiary/aromatic N) is 2. The average molecular weight is 719 g/mol. The van der Waals surface area contributed by atoms with Crippen LogP contribution in [0.3, 0.4) is 0 Å². The van der Waals surface area contributed by atoms with Crippen LogP contribution in [0.2, 0.25) is 0 Å². The van der Waals surface area contributed by atoms with Crippen molar-refractivity contribution in [3.8, 4) is 27.9 Å². The Balaban J connectivity index is 1.12. The third kappa shape index (κ3) is 5.24. The van der Waals surface area contributed by atoms with Gasteiger partial charge in [0.15, 0.2) is 0 Å². The first-order chi connectivity index (χ1) is 27.3. The topological polar surface area (TPSA) is 8.17 Å². The minimum atomic E-state index is 1.10. The molecule has 55 heavy (non-hydrogen) atoms. The quantitative estimate of drug-likeness (QED) is 0.166. The molecule has 0 saturated carbocycles. The SMILES string of the molecule is c1ccc(-n2c3ccccc3c3cc(N(c4ccc(-c5cccc6ccccc56)cc4)c4ccccc4-c4ccc5c(c4)sc4ccccc45)ccc32)cc1. The van der Waals surface area contributed by atoms with E-state index in [1.807, 2.05) is 11.3 Å². The first-order valence-electron chi connectivity index (χ1n) is 18.8. The van der Waals surface area contributed by atoms with Gasteiger partial charge in [0, 0.05) is 53.6 Å².